The van der Waals surface area contributed by atoms with Gasteiger partial charge in [0, 0.05) is 24.1 Å². The lowest BCUT2D eigenvalue weighted by Gasteiger charge is -2.20. The number of anilines is 2. The smallest absolute Gasteiger partial charge is 0.256 e. The molecule has 0 bridgehead atoms. The Morgan fingerprint density at radius 3 is 2.78 bits per heavy atom. The van der Waals surface area contributed by atoms with Crippen molar-refractivity contribution < 1.29 is 13.2 Å². The van der Waals surface area contributed by atoms with E-state index in [1.165, 1.54) is 18.3 Å². The Kier molecular flexibility index (Phi) is 4.04. The Morgan fingerprint density at radius 1 is 1.26 bits per heavy atom. The van der Waals surface area contributed by atoms with Crippen LogP contribution in [0.1, 0.15) is 22.3 Å². The molecule has 0 saturated carbocycles. The Labute approximate surface area is 134 Å². The summed E-state index contributed by atoms with van der Waals surface area (Å²) in [6.07, 6.45) is 4.29. The maximum Gasteiger partial charge on any atom is 0.256 e. The van der Waals surface area contributed by atoms with Crippen molar-refractivity contribution in [2.75, 3.05) is 23.4 Å². The standard InChI is InChI=1S/C16H17N3O3S/c1-23(21,22)15-8-7-11(10-18-15)19-16(20)13-4-2-6-14-12(13)5-3-9-17-14/h2,4,6-8,10,17H,3,5,9H2,1H3,(H,19,20). The molecule has 2 heterocycles. The predicted octanol–water partition coefficient (Wildman–Crippen LogP) is 2.10. The summed E-state index contributed by atoms with van der Waals surface area (Å²) in [5, 5.41) is 6.03. The SMILES string of the molecule is CS(=O)(=O)c1ccc(NC(=O)c2cccc3c2CCCN3)cn1. The van der Waals surface area contributed by atoms with E-state index in [1.807, 2.05) is 12.1 Å². The van der Waals surface area contributed by atoms with Gasteiger partial charge >= 0.3 is 0 Å². The highest BCUT2D eigenvalue weighted by Crippen LogP contribution is 2.26. The summed E-state index contributed by atoms with van der Waals surface area (Å²) in [4.78, 5) is 16.4. The maximum atomic E-state index is 12.5. The van der Waals surface area contributed by atoms with Gasteiger partial charge in [0.15, 0.2) is 14.9 Å². The van der Waals surface area contributed by atoms with Crippen LogP contribution in [0.2, 0.25) is 0 Å². The number of hydrogen-bond acceptors (Lipinski definition) is 5. The van der Waals surface area contributed by atoms with Crippen LogP contribution in [0.3, 0.4) is 0 Å². The van der Waals surface area contributed by atoms with E-state index in [2.05, 4.69) is 15.6 Å². The molecule has 0 saturated heterocycles. The molecule has 0 unspecified atom stereocenters. The molecular weight excluding hydrogens is 314 g/mol. The van der Waals surface area contributed by atoms with Crippen molar-refractivity contribution >= 4 is 27.1 Å². The summed E-state index contributed by atoms with van der Waals surface area (Å²) in [6, 6.07) is 8.52. The number of carbonyl (C=O) groups is 1. The van der Waals surface area contributed by atoms with E-state index in [0.29, 0.717) is 11.3 Å². The lowest BCUT2D eigenvalue weighted by atomic mass is 9.97. The van der Waals surface area contributed by atoms with Crippen molar-refractivity contribution in [1.82, 2.24) is 4.98 Å². The highest BCUT2D eigenvalue weighted by atomic mass is 32.2. The van der Waals surface area contributed by atoms with E-state index in [9.17, 15) is 13.2 Å². The van der Waals surface area contributed by atoms with Gasteiger partial charge in [-0.1, -0.05) is 6.07 Å². The summed E-state index contributed by atoms with van der Waals surface area (Å²) in [5.74, 6) is -0.223. The number of hydrogen-bond donors (Lipinski definition) is 2. The second kappa shape index (κ2) is 6.00. The van der Waals surface area contributed by atoms with E-state index in [1.54, 1.807) is 6.07 Å². The third-order valence-corrected chi connectivity index (χ3v) is 4.72. The molecule has 1 aromatic carbocycles. The molecule has 2 N–H and O–H groups in total. The molecule has 1 aromatic heterocycles. The summed E-state index contributed by atoms with van der Waals surface area (Å²) >= 11 is 0. The second-order valence-corrected chi connectivity index (χ2v) is 7.44. The number of fused-ring (bicyclic) bond motifs is 1. The van der Waals surface area contributed by atoms with Gasteiger partial charge in [0.1, 0.15) is 0 Å². The molecule has 0 atom stereocenters. The van der Waals surface area contributed by atoms with E-state index < -0.39 is 9.84 Å². The number of carbonyl (C=O) groups excluding carboxylic acids is 1. The molecule has 7 heteroatoms. The number of nitrogens with zero attached hydrogens (tertiary/aromatic N) is 1. The Balaban J connectivity index is 1.82. The third kappa shape index (κ3) is 3.34. The molecule has 23 heavy (non-hydrogen) atoms. The third-order valence-electron chi connectivity index (χ3n) is 3.71. The largest absolute Gasteiger partial charge is 0.385 e. The minimum atomic E-state index is -3.34. The molecule has 0 spiro atoms. The number of sulfone groups is 1. The zero-order chi connectivity index (χ0) is 16.4. The van der Waals surface area contributed by atoms with Crippen molar-refractivity contribution in [3.8, 4) is 0 Å². The van der Waals surface area contributed by atoms with Gasteiger partial charge in [0.05, 0.1) is 11.9 Å². The van der Waals surface area contributed by atoms with Crippen LogP contribution >= 0.6 is 0 Å². The minimum absolute atomic E-state index is 0.0169. The zero-order valence-corrected chi connectivity index (χ0v) is 13.5. The number of nitrogens with one attached hydrogen (secondary N) is 2. The monoisotopic (exact) mass is 331 g/mol. The number of amides is 1. The Bertz CT molecular complexity index is 845. The molecular formula is C16H17N3O3S. The molecule has 120 valence electrons. The van der Waals surface area contributed by atoms with E-state index in [4.69, 9.17) is 0 Å². The van der Waals surface area contributed by atoms with E-state index >= 15 is 0 Å². The fourth-order valence-corrected chi connectivity index (χ4v) is 3.15. The van der Waals surface area contributed by atoms with Gasteiger partial charge in [0.2, 0.25) is 0 Å². The fourth-order valence-electron chi connectivity index (χ4n) is 2.59. The lowest BCUT2D eigenvalue weighted by molar-refractivity contribution is 0.102. The molecule has 6 nitrogen and oxygen atoms in total. The Morgan fingerprint density at radius 2 is 2.09 bits per heavy atom. The van der Waals surface area contributed by atoms with E-state index in [-0.39, 0.29) is 10.9 Å². The molecule has 1 aliphatic rings. The highest BCUT2D eigenvalue weighted by molar-refractivity contribution is 7.90. The first-order valence-corrected chi connectivity index (χ1v) is 9.17. The first-order valence-electron chi connectivity index (χ1n) is 7.28. The lowest BCUT2D eigenvalue weighted by Crippen LogP contribution is -2.19. The van der Waals surface area contributed by atoms with Crippen molar-refractivity contribution in [3.63, 3.8) is 0 Å². The number of rotatable bonds is 3. The molecule has 1 amide bonds. The fraction of sp³-hybridized carbons (Fsp3) is 0.250. The average molecular weight is 331 g/mol. The van der Waals surface area contributed by atoms with Gasteiger partial charge in [-0.2, -0.15) is 0 Å². The number of pyridine rings is 1. The van der Waals surface area contributed by atoms with Gasteiger partial charge in [-0.3, -0.25) is 4.79 Å². The minimum Gasteiger partial charge on any atom is -0.385 e. The van der Waals surface area contributed by atoms with Crippen molar-refractivity contribution in [3.05, 3.63) is 47.7 Å². The summed E-state index contributed by atoms with van der Waals surface area (Å²) < 4.78 is 22.8. The van der Waals surface area contributed by atoms with E-state index in [0.717, 1.165) is 36.9 Å². The van der Waals surface area contributed by atoms with Crippen LogP contribution in [-0.4, -0.2) is 32.1 Å². The van der Waals surface area contributed by atoms with Crippen molar-refractivity contribution in [1.29, 1.82) is 0 Å². The molecule has 1 aliphatic heterocycles. The summed E-state index contributed by atoms with van der Waals surface area (Å²) in [6.45, 7) is 0.912. The van der Waals surface area contributed by atoms with Crippen molar-refractivity contribution in [2.45, 2.75) is 17.9 Å². The van der Waals surface area contributed by atoms with Crippen LogP contribution < -0.4 is 10.6 Å². The quantitative estimate of drug-likeness (QED) is 0.899. The van der Waals surface area contributed by atoms with Crippen LogP contribution in [0.4, 0.5) is 11.4 Å². The van der Waals surface area contributed by atoms with Crippen LogP contribution in [0.5, 0.6) is 0 Å². The maximum absolute atomic E-state index is 12.5. The highest BCUT2D eigenvalue weighted by Gasteiger charge is 2.17. The van der Waals surface area contributed by atoms with Crippen molar-refractivity contribution in [2.24, 2.45) is 0 Å². The van der Waals surface area contributed by atoms with Crippen LogP contribution in [0.25, 0.3) is 0 Å². The first-order chi connectivity index (χ1) is 10.9. The average Bonchev–Trinajstić information content (AvgIpc) is 2.54. The molecule has 0 fully saturated rings. The molecule has 0 aliphatic carbocycles. The molecule has 3 rings (SSSR count). The van der Waals surface area contributed by atoms with Gasteiger partial charge in [0.25, 0.3) is 5.91 Å². The van der Waals surface area contributed by atoms with Crippen LogP contribution in [0.15, 0.2) is 41.6 Å². The summed E-state index contributed by atoms with van der Waals surface area (Å²) in [5.41, 5.74) is 3.09. The van der Waals surface area contributed by atoms with Crippen LogP contribution in [0, 0.1) is 0 Å². The number of aromatic nitrogens is 1. The zero-order valence-electron chi connectivity index (χ0n) is 12.7. The van der Waals surface area contributed by atoms with Gasteiger partial charge < -0.3 is 10.6 Å². The second-order valence-electron chi connectivity index (χ2n) is 5.47. The van der Waals surface area contributed by atoms with Gasteiger partial charge in [-0.05, 0) is 42.7 Å². The summed E-state index contributed by atoms with van der Waals surface area (Å²) in [7, 11) is -3.34. The van der Waals surface area contributed by atoms with Crippen LogP contribution in [-0.2, 0) is 16.3 Å². The predicted molar refractivity (Wildman–Crippen MR) is 88.6 cm³/mol. The van der Waals surface area contributed by atoms with Gasteiger partial charge in [-0.15, -0.1) is 0 Å². The number of benzene rings is 1. The van der Waals surface area contributed by atoms with Gasteiger partial charge in [-0.25, -0.2) is 13.4 Å². The topological polar surface area (TPSA) is 88.2 Å². The molecule has 0 radical (unpaired) electrons. The molecule has 2 aromatic rings. The Hall–Kier alpha value is -2.41. The normalized spacial score (nSPS) is 13.8. The first kappa shape index (κ1) is 15.5.